The van der Waals surface area contributed by atoms with Crippen molar-refractivity contribution in [2.24, 2.45) is 0 Å². The maximum absolute atomic E-state index is 5.89. The second-order valence-electron chi connectivity index (χ2n) is 5.95. The minimum Gasteiger partial charge on any atom is -0.369 e. The van der Waals surface area contributed by atoms with Crippen molar-refractivity contribution < 1.29 is 4.74 Å². The molecule has 0 spiro atoms. The molecule has 3 rings (SSSR count). The Kier molecular flexibility index (Phi) is 5.02. The van der Waals surface area contributed by atoms with Crippen molar-refractivity contribution in [1.82, 2.24) is 10.3 Å². The Morgan fingerprint density at radius 2 is 2.35 bits per heavy atom. The van der Waals surface area contributed by atoms with E-state index < -0.39 is 0 Å². The van der Waals surface area contributed by atoms with Gasteiger partial charge in [0.25, 0.3) is 0 Å². The Hall–Kier alpha value is -0.100. The van der Waals surface area contributed by atoms with Gasteiger partial charge in [-0.3, -0.25) is 0 Å². The molecule has 0 radical (unpaired) electrons. The van der Waals surface area contributed by atoms with Gasteiger partial charge in [0.2, 0.25) is 0 Å². The quantitative estimate of drug-likeness (QED) is 0.924. The molecule has 20 heavy (non-hydrogen) atoms. The number of aromatic nitrogens is 1. The lowest BCUT2D eigenvalue weighted by atomic mass is 9.91. The zero-order valence-electron chi connectivity index (χ0n) is 12.4. The molecule has 1 aliphatic heterocycles. The number of ether oxygens (including phenoxy) is 1. The number of rotatable bonds is 4. The Morgan fingerprint density at radius 3 is 3.10 bits per heavy atom. The number of fused-ring (bicyclic) bond motifs is 1. The highest BCUT2D eigenvalue weighted by molar-refractivity contribution is 7.99. The Labute approximate surface area is 129 Å². The van der Waals surface area contributed by atoms with Gasteiger partial charge in [-0.1, -0.05) is 13.8 Å². The zero-order chi connectivity index (χ0) is 13.9. The predicted octanol–water partition coefficient (Wildman–Crippen LogP) is 3.37. The molecule has 0 aromatic carbocycles. The van der Waals surface area contributed by atoms with Crippen molar-refractivity contribution in [1.29, 1.82) is 0 Å². The Morgan fingerprint density at radius 1 is 1.45 bits per heavy atom. The molecule has 1 aromatic rings. The molecule has 2 unspecified atom stereocenters. The highest BCUT2D eigenvalue weighted by atomic mass is 32.2. The fraction of sp³-hybridized carbons (Fsp3) is 0.800. The van der Waals surface area contributed by atoms with Crippen LogP contribution in [-0.2, 0) is 11.2 Å². The zero-order valence-corrected chi connectivity index (χ0v) is 14.0. The van der Waals surface area contributed by atoms with E-state index in [9.17, 15) is 0 Å². The fourth-order valence-corrected chi connectivity index (χ4v) is 5.07. The van der Waals surface area contributed by atoms with Crippen molar-refractivity contribution in [2.75, 3.05) is 24.7 Å². The van der Waals surface area contributed by atoms with E-state index in [0.717, 1.165) is 24.7 Å². The van der Waals surface area contributed by atoms with E-state index in [1.165, 1.54) is 34.8 Å². The summed E-state index contributed by atoms with van der Waals surface area (Å²) < 4.78 is 5.89. The van der Waals surface area contributed by atoms with Crippen LogP contribution in [-0.4, -0.2) is 35.7 Å². The summed E-state index contributed by atoms with van der Waals surface area (Å²) in [5, 5.41) is 4.80. The molecular formula is C15H24N2OS2. The SMILES string of the molecule is CC(C)NCC1CCCc2sc(C3CSCCO3)nc21. The molecule has 2 atom stereocenters. The van der Waals surface area contributed by atoms with Gasteiger partial charge in [-0.15, -0.1) is 11.3 Å². The number of nitrogens with one attached hydrogen (secondary N) is 1. The number of hydrogen-bond donors (Lipinski definition) is 1. The molecule has 5 heteroatoms. The summed E-state index contributed by atoms with van der Waals surface area (Å²) in [6.45, 7) is 6.36. The third-order valence-electron chi connectivity index (χ3n) is 3.95. The molecule has 0 amide bonds. The van der Waals surface area contributed by atoms with Gasteiger partial charge in [0.15, 0.2) is 0 Å². The van der Waals surface area contributed by atoms with Gasteiger partial charge >= 0.3 is 0 Å². The van der Waals surface area contributed by atoms with Gasteiger partial charge in [0, 0.05) is 34.9 Å². The smallest absolute Gasteiger partial charge is 0.123 e. The number of hydrogen-bond acceptors (Lipinski definition) is 5. The van der Waals surface area contributed by atoms with Gasteiger partial charge in [-0.25, -0.2) is 4.98 Å². The van der Waals surface area contributed by atoms with E-state index in [-0.39, 0.29) is 6.10 Å². The van der Waals surface area contributed by atoms with Crippen LogP contribution in [0.15, 0.2) is 0 Å². The predicted molar refractivity (Wildman–Crippen MR) is 86.9 cm³/mol. The van der Waals surface area contributed by atoms with Crippen molar-refractivity contribution in [3.63, 3.8) is 0 Å². The van der Waals surface area contributed by atoms with Crippen LogP contribution in [0, 0.1) is 0 Å². The maximum atomic E-state index is 5.89. The monoisotopic (exact) mass is 312 g/mol. The molecule has 2 aliphatic rings. The van der Waals surface area contributed by atoms with Crippen LogP contribution in [0.5, 0.6) is 0 Å². The molecule has 0 bridgehead atoms. The number of nitrogens with zero attached hydrogens (tertiary/aromatic N) is 1. The molecule has 1 saturated heterocycles. The van der Waals surface area contributed by atoms with Gasteiger partial charge < -0.3 is 10.1 Å². The first-order valence-corrected chi connectivity index (χ1v) is 9.63. The van der Waals surface area contributed by atoms with Crippen LogP contribution in [0.2, 0.25) is 0 Å². The van der Waals surface area contributed by atoms with E-state index in [1.54, 1.807) is 0 Å². The van der Waals surface area contributed by atoms with Gasteiger partial charge in [-0.05, 0) is 19.3 Å². The van der Waals surface area contributed by atoms with Crippen LogP contribution < -0.4 is 5.32 Å². The van der Waals surface area contributed by atoms with E-state index >= 15 is 0 Å². The Balaban J connectivity index is 1.73. The van der Waals surface area contributed by atoms with Crippen molar-refractivity contribution in [3.8, 4) is 0 Å². The van der Waals surface area contributed by atoms with Gasteiger partial charge in [0.05, 0.1) is 12.3 Å². The van der Waals surface area contributed by atoms with Crippen LogP contribution in [0.4, 0.5) is 0 Å². The lowest BCUT2D eigenvalue weighted by Gasteiger charge is -2.22. The summed E-state index contributed by atoms with van der Waals surface area (Å²) in [4.78, 5) is 6.49. The van der Waals surface area contributed by atoms with Crippen LogP contribution >= 0.6 is 23.1 Å². The first-order valence-electron chi connectivity index (χ1n) is 7.66. The second-order valence-corrected chi connectivity index (χ2v) is 8.21. The second kappa shape index (κ2) is 6.77. The highest BCUT2D eigenvalue weighted by Crippen LogP contribution is 2.38. The lowest BCUT2D eigenvalue weighted by Crippen LogP contribution is -2.29. The van der Waals surface area contributed by atoms with E-state index in [2.05, 4.69) is 19.2 Å². The number of thiazole rings is 1. The summed E-state index contributed by atoms with van der Waals surface area (Å²) in [5.41, 5.74) is 1.36. The van der Waals surface area contributed by atoms with Gasteiger partial charge in [0.1, 0.15) is 11.1 Å². The standard InChI is InChI=1S/C15H24N2OS2/c1-10(2)16-8-11-4-3-5-13-14(11)17-15(20-13)12-9-19-7-6-18-12/h10-12,16H,3-9H2,1-2H3. The summed E-state index contributed by atoms with van der Waals surface area (Å²) in [6, 6.07) is 0.552. The summed E-state index contributed by atoms with van der Waals surface area (Å²) in [6.07, 6.45) is 4.03. The number of aryl methyl sites for hydroxylation is 1. The number of thioether (sulfide) groups is 1. The molecule has 1 aliphatic carbocycles. The summed E-state index contributed by atoms with van der Waals surface area (Å²) in [7, 11) is 0. The molecule has 1 aromatic heterocycles. The first kappa shape index (κ1) is 14.8. The highest BCUT2D eigenvalue weighted by Gasteiger charge is 2.28. The van der Waals surface area contributed by atoms with Crippen molar-refractivity contribution in [3.05, 3.63) is 15.6 Å². The molecular weight excluding hydrogens is 288 g/mol. The minimum absolute atomic E-state index is 0.239. The normalized spacial score (nSPS) is 26.8. The third kappa shape index (κ3) is 3.38. The average Bonchev–Trinajstić information content (AvgIpc) is 2.90. The molecule has 1 fully saturated rings. The van der Waals surface area contributed by atoms with E-state index in [1.807, 2.05) is 23.1 Å². The van der Waals surface area contributed by atoms with E-state index in [0.29, 0.717) is 12.0 Å². The van der Waals surface area contributed by atoms with Crippen LogP contribution in [0.3, 0.4) is 0 Å². The Bertz CT molecular complexity index is 441. The fourth-order valence-electron chi connectivity index (χ4n) is 2.87. The van der Waals surface area contributed by atoms with E-state index in [4.69, 9.17) is 9.72 Å². The average molecular weight is 313 g/mol. The lowest BCUT2D eigenvalue weighted by molar-refractivity contribution is 0.0754. The third-order valence-corrected chi connectivity index (χ3v) is 6.17. The topological polar surface area (TPSA) is 34.1 Å². The van der Waals surface area contributed by atoms with Crippen molar-refractivity contribution >= 4 is 23.1 Å². The summed E-state index contributed by atoms with van der Waals surface area (Å²) in [5.74, 6) is 2.80. The molecule has 1 N–H and O–H groups in total. The molecule has 0 saturated carbocycles. The largest absolute Gasteiger partial charge is 0.369 e. The van der Waals surface area contributed by atoms with Crippen molar-refractivity contribution in [2.45, 2.75) is 51.2 Å². The minimum atomic E-state index is 0.239. The maximum Gasteiger partial charge on any atom is 0.123 e. The van der Waals surface area contributed by atoms with Gasteiger partial charge in [-0.2, -0.15) is 11.8 Å². The van der Waals surface area contributed by atoms with Crippen LogP contribution in [0.25, 0.3) is 0 Å². The summed E-state index contributed by atoms with van der Waals surface area (Å²) >= 11 is 3.89. The van der Waals surface area contributed by atoms with Crippen LogP contribution in [0.1, 0.15) is 54.3 Å². The molecule has 3 nitrogen and oxygen atoms in total. The molecule has 2 heterocycles. The first-order chi connectivity index (χ1) is 9.74. The molecule has 112 valence electrons.